The third kappa shape index (κ3) is 5.02. The number of allylic oxidation sites excluding steroid dienone is 1. The molecule has 2 aromatic heterocycles. The molecule has 12 atom stereocenters. The lowest BCUT2D eigenvalue weighted by atomic mass is 9.34. The summed E-state index contributed by atoms with van der Waals surface area (Å²) in [6, 6.07) is 4.38. The molecular formula is C42H61N5O4. The first kappa shape index (κ1) is 35.4. The number of carboxylic acid groups (broad SMARTS) is 1. The first-order chi connectivity index (χ1) is 24.3. The number of nitrogens with zero attached hydrogens (tertiary/aromatic N) is 4. The van der Waals surface area contributed by atoms with Gasteiger partial charge in [0.05, 0.1) is 37.9 Å². The number of rotatable bonds is 8. The molecule has 2 aliphatic heterocycles. The summed E-state index contributed by atoms with van der Waals surface area (Å²) in [5, 5.41) is 19.8. The van der Waals surface area contributed by atoms with Crippen LogP contribution in [0.4, 0.5) is 0 Å². The quantitative estimate of drug-likeness (QED) is 0.271. The highest BCUT2D eigenvalue weighted by molar-refractivity contribution is 5.73. The second kappa shape index (κ2) is 12.5. The number of carbonyl (C=O) groups is 1. The summed E-state index contributed by atoms with van der Waals surface area (Å²) >= 11 is 0. The van der Waals surface area contributed by atoms with Gasteiger partial charge in [0.2, 0.25) is 0 Å². The monoisotopic (exact) mass is 699 g/mol. The molecule has 9 heteroatoms. The van der Waals surface area contributed by atoms with E-state index in [0.717, 1.165) is 62.9 Å². The van der Waals surface area contributed by atoms with Crippen molar-refractivity contribution in [2.75, 3.05) is 26.4 Å². The molecule has 4 aliphatic carbocycles. The number of nitrogens with one attached hydrogen (secondary N) is 1. The van der Waals surface area contributed by atoms with Gasteiger partial charge >= 0.3 is 5.97 Å². The number of carboxylic acids is 1. The van der Waals surface area contributed by atoms with Gasteiger partial charge in [-0.1, -0.05) is 60.1 Å². The molecule has 0 aromatic carbocycles. The SMILES string of the molecule is CC(C)[C@@H](C)[C@@]1(C)CC[C@]2(C)[C@H]3CC[C@@H]4[C@@]5(COC[C@@]4(C)[C@@H](OC[C@@H]4CCCN4)[C@H](n4ncnc4-c4ccncc4)C5)C3=CC[C@@]2(C)[C@@H]1C(=O)O. The van der Waals surface area contributed by atoms with Gasteiger partial charge in [-0.15, -0.1) is 0 Å². The molecule has 2 saturated heterocycles. The Hall–Kier alpha value is -2.62. The highest BCUT2D eigenvalue weighted by Gasteiger charge is 2.72. The van der Waals surface area contributed by atoms with Crippen LogP contribution in [0.25, 0.3) is 11.4 Å². The number of hydrogen-bond acceptors (Lipinski definition) is 7. The third-order valence-electron chi connectivity index (χ3n) is 16.6. The minimum absolute atomic E-state index is 0.0312. The van der Waals surface area contributed by atoms with E-state index in [1.54, 1.807) is 11.9 Å². The number of hydrogen-bond donors (Lipinski definition) is 2. The predicted molar refractivity (Wildman–Crippen MR) is 197 cm³/mol. The molecule has 2 N–H and O–H groups in total. The molecule has 6 aliphatic rings. The summed E-state index contributed by atoms with van der Waals surface area (Å²) < 4.78 is 16.1. The van der Waals surface area contributed by atoms with Gasteiger partial charge in [-0.25, -0.2) is 9.67 Å². The van der Waals surface area contributed by atoms with Crippen molar-refractivity contribution in [3.05, 3.63) is 42.5 Å². The molecule has 2 bridgehead atoms. The van der Waals surface area contributed by atoms with Crippen LogP contribution >= 0.6 is 0 Å². The van der Waals surface area contributed by atoms with Crippen LogP contribution < -0.4 is 5.32 Å². The molecule has 9 nitrogen and oxygen atoms in total. The van der Waals surface area contributed by atoms with Crippen LogP contribution in [-0.2, 0) is 14.3 Å². The Morgan fingerprint density at radius 2 is 1.86 bits per heavy atom. The van der Waals surface area contributed by atoms with Crippen molar-refractivity contribution in [3.63, 3.8) is 0 Å². The van der Waals surface area contributed by atoms with Crippen molar-refractivity contribution in [1.82, 2.24) is 25.1 Å². The second-order valence-electron chi connectivity index (χ2n) is 18.9. The van der Waals surface area contributed by atoms with Crippen LogP contribution in [0.2, 0.25) is 0 Å². The van der Waals surface area contributed by atoms with E-state index in [-0.39, 0.29) is 39.2 Å². The van der Waals surface area contributed by atoms with Crippen molar-refractivity contribution < 1.29 is 19.4 Å². The highest BCUT2D eigenvalue weighted by Crippen LogP contribution is 2.75. The average molecular weight is 700 g/mol. The Kier molecular flexibility index (Phi) is 8.66. The van der Waals surface area contributed by atoms with Crippen LogP contribution in [0.3, 0.4) is 0 Å². The average Bonchev–Trinajstić information content (AvgIpc) is 3.81. The molecule has 51 heavy (non-hydrogen) atoms. The zero-order chi connectivity index (χ0) is 36.0. The van der Waals surface area contributed by atoms with Crippen LogP contribution in [0, 0.1) is 56.7 Å². The predicted octanol–water partition coefficient (Wildman–Crippen LogP) is 7.61. The number of fused-ring (bicyclic) bond motifs is 3. The van der Waals surface area contributed by atoms with Crippen LogP contribution in [0.1, 0.15) is 106 Å². The van der Waals surface area contributed by atoms with E-state index in [4.69, 9.17) is 19.6 Å². The maximum absolute atomic E-state index is 13.5. The third-order valence-corrected chi connectivity index (χ3v) is 16.6. The maximum atomic E-state index is 13.5. The van der Waals surface area contributed by atoms with Crippen molar-refractivity contribution in [2.24, 2.45) is 56.7 Å². The summed E-state index contributed by atoms with van der Waals surface area (Å²) in [6.07, 6.45) is 16.0. The lowest BCUT2D eigenvalue weighted by Crippen LogP contribution is -2.69. The summed E-state index contributed by atoms with van der Waals surface area (Å²) in [6.45, 7) is 19.5. The lowest BCUT2D eigenvalue weighted by Gasteiger charge is -2.71. The fraction of sp³-hybridized carbons (Fsp3) is 0.762. The molecule has 2 aromatic rings. The van der Waals surface area contributed by atoms with E-state index in [2.05, 4.69) is 69.5 Å². The van der Waals surface area contributed by atoms with Gasteiger partial charge in [-0.05, 0) is 110 Å². The summed E-state index contributed by atoms with van der Waals surface area (Å²) in [5.41, 5.74) is 1.41. The minimum atomic E-state index is -0.611. The molecule has 8 rings (SSSR count). The topological polar surface area (TPSA) is 111 Å². The van der Waals surface area contributed by atoms with E-state index >= 15 is 0 Å². The molecular weight excluding hydrogens is 638 g/mol. The molecule has 278 valence electrons. The Balaban J connectivity index is 1.23. The van der Waals surface area contributed by atoms with Gasteiger partial charge < -0.3 is 19.9 Å². The van der Waals surface area contributed by atoms with Crippen molar-refractivity contribution >= 4 is 5.97 Å². The Bertz CT molecular complexity index is 1650. The van der Waals surface area contributed by atoms with E-state index in [1.165, 1.54) is 6.42 Å². The first-order valence-corrected chi connectivity index (χ1v) is 20.0. The molecule has 3 saturated carbocycles. The van der Waals surface area contributed by atoms with Crippen molar-refractivity contribution in [3.8, 4) is 11.4 Å². The number of ether oxygens (including phenoxy) is 2. The minimum Gasteiger partial charge on any atom is -0.481 e. The molecule has 4 heterocycles. The number of aliphatic carboxylic acids is 1. The van der Waals surface area contributed by atoms with Crippen molar-refractivity contribution in [2.45, 2.75) is 118 Å². The van der Waals surface area contributed by atoms with Gasteiger partial charge in [-0.3, -0.25) is 9.78 Å². The first-order valence-electron chi connectivity index (χ1n) is 20.0. The maximum Gasteiger partial charge on any atom is 0.307 e. The van der Waals surface area contributed by atoms with Crippen LogP contribution in [-0.4, -0.2) is 69.3 Å². The standard InChI is InChI=1S/C42H61N5O4/c1-26(2)27(3)38(4)16-17-40(6)30-10-11-33-39(5)23-50-24-42(33,31(30)12-15-41(40,7)34(38)37(48)49)21-32(35(39)51-22-29-9-8-18-44-29)47-36(45-25-46-47)28-13-19-43-20-14-28/h12-14,19-20,25-27,29-30,32-35,44H,8-11,15-18,21-24H2,1-7H3,(H,48,49)/t27-,29+,30+,32-,33+,34-,35+,38-,39-,40-,41+,42+/m1/s1. The Morgan fingerprint density at radius 1 is 1.08 bits per heavy atom. The molecule has 0 spiro atoms. The molecule has 0 radical (unpaired) electrons. The summed E-state index contributed by atoms with van der Waals surface area (Å²) in [7, 11) is 0. The van der Waals surface area contributed by atoms with Gasteiger partial charge in [-0.2, -0.15) is 5.10 Å². The van der Waals surface area contributed by atoms with Crippen molar-refractivity contribution in [1.29, 1.82) is 0 Å². The second-order valence-corrected chi connectivity index (χ2v) is 18.9. The van der Waals surface area contributed by atoms with Gasteiger partial charge in [0.1, 0.15) is 6.33 Å². The van der Waals surface area contributed by atoms with Gasteiger partial charge in [0.15, 0.2) is 5.82 Å². The van der Waals surface area contributed by atoms with E-state index < -0.39 is 11.9 Å². The molecule has 0 amide bonds. The smallest absolute Gasteiger partial charge is 0.307 e. The van der Waals surface area contributed by atoms with Crippen LogP contribution in [0.5, 0.6) is 0 Å². The van der Waals surface area contributed by atoms with Crippen LogP contribution in [0.15, 0.2) is 42.5 Å². The fourth-order valence-corrected chi connectivity index (χ4v) is 13.4. The van der Waals surface area contributed by atoms with E-state index in [0.29, 0.717) is 49.5 Å². The number of pyridine rings is 1. The van der Waals surface area contributed by atoms with Gasteiger partial charge in [0, 0.05) is 34.8 Å². The summed E-state index contributed by atoms with van der Waals surface area (Å²) in [5.74, 6) is 1.31. The molecule has 5 fully saturated rings. The largest absolute Gasteiger partial charge is 0.481 e. The lowest BCUT2D eigenvalue weighted by molar-refractivity contribution is -0.250. The van der Waals surface area contributed by atoms with E-state index in [9.17, 15) is 9.90 Å². The summed E-state index contributed by atoms with van der Waals surface area (Å²) in [4.78, 5) is 22.6. The normalized spacial score (nSPS) is 43.9. The molecule has 0 unspecified atom stereocenters. The Morgan fingerprint density at radius 3 is 2.57 bits per heavy atom. The van der Waals surface area contributed by atoms with Gasteiger partial charge in [0.25, 0.3) is 0 Å². The van der Waals surface area contributed by atoms with E-state index in [1.807, 2.05) is 24.5 Å². The zero-order valence-electron chi connectivity index (χ0n) is 32.0. The number of aromatic nitrogens is 4. The highest BCUT2D eigenvalue weighted by atomic mass is 16.5. The fourth-order valence-electron chi connectivity index (χ4n) is 13.4. The zero-order valence-corrected chi connectivity index (χ0v) is 32.0. The Labute approximate surface area is 304 Å².